The van der Waals surface area contributed by atoms with E-state index in [1.807, 2.05) is 13.8 Å². The number of hydrogen-bond acceptors (Lipinski definition) is 4. The average molecular weight is 255 g/mol. The van der Waals surface area contributed by atoms with Crippen molar-refractivity contribution >= 4 is 23.6 Å². The van der Waals surface area contributed by atoms with Gasteiger partial charge in [0.2, 0.25) is 0 Å². The van der Waals surface area contributed by atoms with E-state index >= 15 is 0 Å². The van der Waals surface area contributed by atoms with Crippen molar-refractivity contribution in [1.29, 1.82) is 0 Å². The molecule has 17 heavy (non-hydrogen) atoms. The maximum atomic E-state index is 10.7. The molecule has 1 N–H and O–H groups in total. The maximum Gasteiger partial charge on any atom is 0.136 e. The number of halogens is 1. The van der Waals surface area contributed by atoms with Crippen molar-refractivity contribution in [2.75, 3.05) is 0 Å². The predicted octanol–water partition coefficient (Wildman–Crippen LogP) is 3.11. The normalized spacial score (nSPS) is 12.2. The van der Waals surface area contributed by atoms with Crippen LogP contribution in [0, 0.1) is 11.8 Å². The molecule has 0 aliphatic rings. The fourth-order valence-corrected chi connectivity index (χ4v) is 1.72. The molecular weight excluding hydrogens is 240 g/mol. The molecule has 4 nitrogen and oxygen atoms in total. The zero-order valence-electron chi connectivity index (χ0n) is 9.87. The lowest BCUT2D eigenvalue weighted by molar-refractivity contribution is -0.109. The fraction of sp³-hybridized carbons (Fsp3) is 0.417. The van der Waals surface area contributed by atoms with Crippen LogP contribution >= 0.6 is 11.6 Å². The molecule has 1 aromatic carbocycles. The van der Waals surface area contributed by atoms with Crippen LogP contribution in [0.5, 0.6) is 0 Å². The first-order valence-corrected chi connectivity index (χ1v) is 5.81. The molecule has 0 spiro atoms. The number of nitrogens with zero attached hydrogens (tertiary/aromatic N) is 1. The Morgan fingerprint density at radius 2 is 2.24 bits per heavy atom. The predicted molar refractivity (Wildman–Crippen MR) is 68.6 cm³/mol. The van der Waals surface area contributed by atoms with Crippen molar-refractivity contribution in [3.8, 4) is 0 Å². The lowest BCUT2D eigenvalue weighted by Gasteiger charge is -2.13. The highest BCUT2D eigenvalue weighted by Gasteiger charge is 2.11. The van der Waals surface area contributed by atoms with Gasteiger partial charge in [-0.25, -0.2) is 0 Å². The summed E-state index contributed by atoms with van der Waals surface area (Å²) in [6, 6.07) is 3.02. The summed E-state index contributed by atoms with van der Waals surface area (Å²) in [5.74, 6) is 0. The lowest BCUT2D eigenvalue weighted by atomic mass is 10.1. The molecule has 1 atom stereocenters. The van der Waals surface area contributed by atoms with Gasteiger partial charge in [-0.1, -0.05) is 18.5 Å². The summed E-state index contributed by atoms with van der Waals surface area (Å²) >= 11 is 5.98. The molecule has 0 radical (unpaired) electrons. The zero-order chi connectivity index (χ0) is 12.8. The van der Waals surface area contributed by atoms with Crippen LogP contribution in [0.1, 0.15) is 24.5 Å². The second-order valence-electron chi connectivity index (χ2n) is 3.79. The molecule has 0 fully saturated rings. The minimum Gasteiger partial charge on any atom is -0.304 e. The molecule has 0 aliphatic carbocycles. The summed E-state index contributed by atoms with van der Waals surface area (Å²) in [6.45, 7) is 4.15. The summed E-state index contributed by atoms with van der Waals surface area (Å²) < 4.78 is 0. The van der Waals surface area contributed by atoms with Crippen LogP contribution in [0.3, 0.4) is 0 Å². The first-order chi connectivity index (χ1) is 8.13. The highest BCUT2D eigenvalue weighted by molar-refractivity contribution is 6.31. The van der Waals surface area contributed by atoms with Gasteiger partial charge in [-0.3, -0.25) is 0 Å². The second kappa shape index (κ2) is 6.47. The van der Waals surface area contributed by atoms with Crippen LogP contribution in [0.2, 0.25) is 5.02 Å². The molecule has 1 rings (SSSR count). The molecule has 0 aromatic heterocycles. The van der Waals surface area contributed by atoms with E-state index in [1.54, 1.807) is 12.1 Å². The zero-order valence-corrected chi connectivity index (χ0v) is 10.6. The van der Waals surface area contributed by atoms with Crippen molar-refractivity contribution in [2.45, 2.75) is 32.9 Å². The van der Waals surface area contributed by atoms with Gasteiger partial charge >= 0.3 is 0 Å². The summed E-state index contributed by atoms with van der Waals surface area (Å²) in [4.78, 5) is 21.4. The van der Waals surface area contributed by atoms with Gasteiger partial charge in [0.15, 0.2) is 0 Å². The van der Waals surface area contributed by atoms with E-state index in [1.165, 1.54) is 0 Å². The number of nitroso groups, excluding NO2 is 1. The number of benzene rings is 1. The Balaban J connectivity index is 2.92. The first-order valence-electron chi connectivity index (χ1n) is 5.44. The third-order valence-corrected chi connectivity index (χ3v) is 3.16. The van der Waals surface area contributed by atoms with Gasteiger partial charge in [-0.05, 0) is 41.8 Å². The Kier molecular flexibility index (Phi) is 5.25. The van der Waals surface area contributed by atoms with Crippen molar-refractivity contribution < 1.29 is 4.79 Å². The molecule has 1 unspecified atom stereocenters. The van der Waals surface area contributed by atoms with Gasteiger partial charge < -0.3 is 10.1 Å². The Labute approximate surface area is 105 Å². The smallest absolute Gasteiger partial charge is 0.136 e. The highest BCUT2D eigenvalue weighted by atomic mass is 35.5. The van der Waals surface area contributed by atoms with E-state index < -0.39 is 0 Å². The molecule has 0 heterocycles. The van der Waals surface area contributed by atoms with Gasteiger partial charge in [0, 0.05) is 11.6 Å². The summed E-state index contributed by atoms with van der Waals surface area (Å²) in [5.41, 5.74) is 1.92. The minimum absolute atomic E-state index is 0.215. The van der Waals surface area contributed by atoms with Gasteiger partial charge in [0.25, 0.3) is 0 Å². The number of aldehydes is 1. The van der Waals surface area contributed by atoms with Gasteiger partial charge in [0.05, 0.1) is 6.04 Å². The molecule has 0 saturated carbocycles. The third kappa shape index (κ3) is 3.35. The number of rotatable bonds is 6. The van der Waals surface area contributed by atoms with Crippen LogP contribution in [0.4, 0.5) is 5.69 Å². The third-order valence-electron chi connectivity index (χ3n) is 2.75. The van der Waals surface area contributed by atoms with E-state index in [0.29, 0.717) is 23.7 Å². The summed E-state index contributed by atoms with van der Waals surface area (Å²) in [7, 11) is 0. The average Bonchev–Trinajstić information content (AvgIpc) is 2.35. The maximum absolute atomic E-state index is 10.7. The van der Waals surface area contributed by atoms with Crippen LogP contribution in [0.15, 0.2) is 17.3 Å². The highest BCUT2D eigenvalue weighted by Crippen LogP contribution is 2.28. The number of carbonyl (C=O) groups is 1. The van der Waals surface area contributed by atoms with Crippen molar-refractivity contribution in [3.05, 3.63) is 33.2 Å². The van der Waals surface area contributed by atoms with Crippen LogP contribution in [-0.2, 0) is 11.3 Å². The molecule has 0 saturated heterocycles. The van der Waals surface area contributed by atoms with E-state index in [9.17, 15) is 9.70 Å². The topological polar surface area (TPSA) is 58.5 Å². The summed E-state index contributed by atoms with van der Waals surface area (Å²) in [6.07, 6.45) is 1.56. The molecule has 0 aliphatic heterocycles. The van der Waals surface area contributed by atoms with Gasteiger partial charge in [0.1, 0.15) is 12.0 Å². The monoisotopic (exact) mass is 254 g/mol. The van der Waals surface area contributed by atoms with E-state index in [0.717, 1.165) is 17.4 Å². The van der Waals surface area contributed by atoms with Crippen LogP contribution in [-0.4, -0.2) is 12.3 Å². The van der Waals surface area contributed by atoms with Crippen LogP contribution < -0.4 is 5.32 Å². The number of carbonyl (C=O) groups excluding carboxylic acids is 1. The fourth-order valence-electron chi connectivity index (χ4n) is 1.54. The van der Waals surface area contributed by atoms with E-state index in [2.05, 4.69) is 10.5 Å². The lowest BCUT2D eigenvalue weighted by Crippen LogP contribution is -2.29. The van der Waals surface area contributed by atoms with E-state index in [4.69, 9.17) is 11.6 Å². The van der Waals surface area contributed by atoms with Gasteiger partial charge in [-0.15, -0.1) is 4.91 Å². The Morgan fingerprint density at radius 3 is 2.76 bits per heavy atom. The van der Waals surface area contributed by atoms with Crippen molar-refractivity contribution in [2.24, 2.45) is 5.18 Å². The van der Waals surface area contributed by atoms with E-state index in [-0.39, 0.29) is 6.04 Å². The van der Waals surface area contributed by atoms with Gasteiger partial charge in [-0.2, -0.15) is 0 Å². The van der Waals surface area contributed by atoms with Crippen LogP contribution in [0.25, 0.3) is 0 Å². The minimum atomic E-state index is -0.215. The largest absolute Gasteiger partial charge is 0.304 e. The van der Waals surface area contributed by atoms with Crippen molar-refractivity contribution in [1.82, 2.24) is 5.32 Å². The Morgan fingerprint density at radius 1 is 1.53 bits per heavy atom. The molecule has 1 aromatic rings. The summed E-state index contributed by atoms with van der Waals surface area (Å²) in [5, 5.41) is 6.61. The molecule has 0 amide bonds. The quantitative estimate of drug-likeness (QED) is 0.627. The Bertz CT molecular complexity index is 421. The number of nitrogens with one attached hydrogen (secondary N) is 1. The molecule has 0 bridgehead atoms. The molecule has 92 valence electrons. The van der Waals surface area contributed by atoms with Crippen molar-refractivity contribution in [3.63, 3.8) is 0 Å². The molecule has 5 heteroatoms. The second-order valence-corrected chi connectivity index (χ2v) is 4.20. The SMILES string of the molecule is CCC(C=O)NCc1c(N=O)ccc(Cl)c1C. The molecular formula is C12H15ClN2O2. The first kappa shape index (κ1) is 13.8. The Hall–Kier alpha value is -1.26. The standard InChI is InChI=1S/C12H15ClN2O2/c1-3-9(7-16)14-6-10-8(2)11(13)4-5-12(10)15-17/h4-5,7,9,14H,3,6H2,1-2H3. The number of hydrogen-bond donors (Lipinski definition) is 1.